The second-order valence-corrected chi connectivity index (χ2v) is 6.89. The van der Waals surface area contributed by atoms with Crippen LogP contribution in [0.4, 0.5) is 0 Å². The Morgan fingerprint density at radius 3 is 1.17 bits per heavy atom. The minimum absolute atomic E-state index is 0.961. The molecule has 1 nitrogen and oxygen atoms in total. The van der Waals surface area contributed by atoms with Gasteiger partial charge in [-0.2, -0.15) is 0 Å². The summed E-state index contributed by atoms with van der Waals surface area (Å²) in [6.07, 6.45) is 0. The number of hydrogen-bond acceptors (Lipinski definition) is 1. The maximum absolute atomic E-state index is 12.6. The lowest BCUT2D eigenvalue weighted by molar-refractivity contribution is 0.598. The zero-order valence-electron chi connectivity index (χ0n) is 11.4. The van der Waals surface area contributed by atoms with Crippen LogP contribution in [0, 0.1) is 27.7 Å². The third-order valence-electron chi connectivity index (χ3n) is 2.97. The Hall–Kier alpha value is -1.33. The maximum atomic E-state index is 12.6. The fourth-order valence-corrected chi connectivity index (χ4v) is 4.15. The molecule has 2 heteroatoms. The van der Waals surface area contributed by atoms with Crippen molar-refractivity contribution < 1.29 is 4.57 Å². The molecule has 0 saturated heterocycles. The molecule has 0 atom stereocenters. The summed E-state index contributed by atoms with van der Waals surface area (Å²) < 4.78 is 12.6. The standard InChI is InChI=1S/C16H19OP/c1-11-5-12(2)8-15(7-11)18(17)16-9-13(3)6-14(4)10-16/h5-10,18H,1-4H3. The first-order valence-corrected chi connectivity index (χ1v) is 7.58. The first kappa shape index (κ1) is 13.1. The summed E-state index contributed by atoms with van der Waals surface area (Å²) in [6, 6.07) is 12.4. The van der Waals surface area contributed by atoms with E-state index in [-0.39, 0.29) is 0 Å². The lowest BCUT2D eigenvalue weighted by Gasteiger charge is -2.08. The van der Waals surface area contributed by atoms with Crippen molar-refractivity contribution in [3.63, 3.8) is 0 Å². The van der Waals surface area contributed by atoms with Crippen molar-refractivity contribution in [1.82, 2.24) is 0 Å². The molecule has 0 spiro atoms. The van der Waals surface area contributed by atoms with Crippen molar-refractivity contribution in [3.8, 4) is 0 Å². The second kappa shape index (κ2) is 5.12. The normalized spacial score (nSPS) is 10.9. The van der Waals surface area contributed by atoms with E-state index < -0.39 is 7.80 Å². The van der Waals surface area contributed by atoms with Gasteiger partial charge in [0.25, 0.3) is 0 Å². The molecule has 2 aromatic carbocycles. The molecule has 0 radical (unpaired) electrons. The average molecular weight is 258 g/mol. The van der Waals surface area contributed by atoms with Crippen LogP contribution < -0.4 is 10.6 Å². The molecule has 0 aromatic heterocycles. The smallest absolute Gasteiger partial charge is 0.131 e. The van der Waals surface area contributed by atoms with Crippen LogP contribution in [0.3, 0.4) is 0 Å². The number of aryl methyl sites for hydroxylation is 4. The van der Waals surface area contributed by atoms with Gasteiger partial charge in [-0.25, -0.2) is 0 Å². The second-order valence-electron chi connectivity index (χ2n) is 5.08. The third-order valence-corrected chi connectivity index (χ3v) is 4.59. The van der Waals surface area contributed by atoms with Gasteiger partial charge in [-0.3, -0.25) is 0 Å². The van der Waals surface area contributed by atoms with Crippen LogP contribution in [0.15, 0.2) is 36.4 Å². The van der Waals surface area contributed by atoms with Gasteiger partial charge in [0.05, 0.1) is 0 Å². The molecule has 0 aliphatic rings. The fourth-order valence-electron chi connectivity index (χ4n) is 2.38. The molecular weight excluding hydrogens is 239 g/mol. The molecule has 94 valence electrons. The molecule has 0 aliphatic carbocycles. The molecular formula is C16H19OP. The van der Waals surface area contributed by atoms with Gasteiger partial charge in [0.15, 0.2) is 0 Å². The van der Waals surface area contributed by atoms with Crippen molar-refractivity contribution in [3.05, 3.63) is 58.7 Å². The highest BCUT2D eigenvalue weighted by Crippen LogP contribution is 2.22. The first-order valence-electron chi connectivity index (χ1n) is 6.17. The highest BCUT2D eigenvalue weighted by atomic mass is 31.1. The number of benzene rings is 2. The summed E-state index contributed by atoms with van der Waals surface area (Å²) in [5.74, 6) is 0. The molecule has 0 heterocycles. The van der Waals surface area contributed by atoms with Crippen LogP contribution in [0.2, 0.25) is 0 Å². The van der Waals surface area contributed by atoms with E-state index in [2.05, 4.69) is 12.1 Å². The van der Waals surface area contributed by atoms with Gasteiger partial charge < -0.3 is 4.57 Å². The van der Waals surface area contributed by atoms with Crippen LogP contribution >= 0.6 is 7.80 Å². The van der Waals surface area contributed by atoms with Crippen LogP contribution in [0.5, 0.6) is 0 Å². The first-order chi connectivity index (χ1) is 8.45. The largest absolute Gasteiger partial charge is 0.317 e. The minimum atomic E-state index is -1.88. The van der Waals surface area contributed by atoms with Crippen molar-refractivity contribution in [2.45, 2.75) is 27.7 Å². The zero-order valence-corrected chi connectivity index (χ0v) is 12.4. The highest BCUT2D eigenvalue weighted by molar-refractivity contribution is 7.61. The van der Waals surface area contributed by atoms with Crippen LogP contribution in [0.25, 0.3) is 0 Å². The summed E-state index contributed by atoms with van der Waals surface area (Å²) in [5, 5.41) is 1.92. The summed E-state index contributed by atoms with van der Waals surface area (Å²) in [4.78, 5) is 0. The molecule has 0 amide bonds. The molecule has 2 rings (SSSR count). The Kier molecular flexibility index (Phi) is 3.73. The predicted molar refractivity (Wildman–Crippen MR) is 80.1 cm³/mol. The summed E-state index contributed by atoms with van der Waals surface area (Å²) in [7, 11) is -1.88. The quantitative estimate of drug-likeness (QED) is 0.754. The van der Waals surface area contributed by atoms with E-state index in [0.29, 0.717) is 0 Å². The van der Waals surface area contributed by atoms with E-state index in [1.54, 1.807) is 0 Å². The topological polar surface area (TPSA) is 17.1 Å². The van der Waals surface area contributed by atoms with Gasteiger partial charge >= 0.3 is 0 Å². The van der Waals surface area contributed by atoms with E-state index in [4.69, 9.17) is 0 Å². The van der Waals surface area contributed by atoms with E-state index in [0.717, 1.165) is 10.6 Å². The van der Waals surface area contributed by atoms with Crippen LogP contribution in [0.1, 0.15) is 22.3 Å². The molecule has 0 N–H and O–H groups in total. The summed E-state index contributed by atoms with van der Waals surface area (Å²) >= 11 is 0. The van der Waals surface area contributed by atoms with E-state index >= 15 is 0 Å². The lowest BCUT2D eigenvalue weighted by Crippen LogP contribution is -2.08. The highest BCUT2D eigenvalue weighted by Gasteiger charge is 2.08. The Balaban J connectivity index is 2.47. The predicted octanol–water partition coefficient (Wildman–Crippen LogP) is 3.43. The molecule has 18 heavy (non-hydrogen) atoms. The number of hydrogen-bond donors (Lipinski definition) is 0. The summed E-state index contributed by atoms with van der Waals surface area (Å²) in [6.45, 7) is 8.20. The monoisotopic (exact) mass is 258 g/mol. The molecule has 0 aliphatic heterocycles. The minimum Gasteiger partial charge on any atom is -0.317 e. The van der Waals surface area contributed by atoms with Crippen molar-refractivity contribution in [2.24, 2.45) is 0 Å². The van der Waals surface area contributed by atoms with Gasteiger partial charge in [0.2, 0.25) is 0 Å². The van der Waals surface area contributed by atoms with Gasteiger partial charge in [-0.05, 0) is 52.0 Å². The molecule has 2 aromatic rings. The number of rotatable bonds is 2. The van der Waals surface area contributed by atoms with Crippen LogP contribution in [-0.4, -0.2) is 0 Å². The van der Waals surface area contributed by atoms with Gasteiger partial charge in [0, 0.05) is 10.6 Å². The van der Waals surface area contributed by atoms with E-state index in [1.165, 1.54) is 22.3 Å². The van der Waals surface area contributed by atoms with E-state index in [1.807, 2.05) is 52.0 Å². The van der Waals surface area contributed by atoms with Gasteiger partial charge in [0.1, 0.15) is 7.80 Å². The van der Waals surface area contributed by atoms with Crippen molar-refractivity contribution >= 4 is 18.4 Å². The van der Waals surface area contributed by atoms with Gasteiger partial charge in [-0.1, -0.05) is 34.4 Å². The Labute approximate surface area is 110 Å². The Morgan fingerprint density at radius 2 is 0.889 bits per heavy atom. The zero-order chi connectivity index (χ0) is 13.3. The average Bonchev–Trinajstić information content (AvgIpc) is 2.25. The Morgan fingerprint density at radius 1 is 0.611 bits per heavy atom. The van der Waals surface area contributed by atoms with E-state index in [9.17, 15) is 4.57 Å². The summed E-state index contributed by atoms with van der Waals surface area (Å²) in [5.41, 5.74) is 4.70. The SMILES string of the molecule is Cc1cc(C)cc([PH](=O)c2cc(C)cc(C)c2)c1. The molecule has 0 unspecified atom stereocenters. The fraction of sp³-hybridized carbons (Fsp3) is 0.250. The van der Waals surface area contributed by atoms with Gasteiger partial charge in [-0.15, -0.1) is 0 Å². The lowest BCUT2D eigenvalue weighted by atomic mass is 10.2. The molecule has 0 bridgehead atoms. The Bertz CT molecular complexity index is 520. The third kappa shape index (κ3) is 2.91. The molecule has 0 saturated carbocycles. The van der Waals surface area contributed by atoms with Crippen LogP contribution in [-0.2, 0) is 4.57 Å². The van der Waals surface area contributed by atoms with Crippen molar-refractivity contribution in [1.29, 1.82) is 0 Å². The van der Waals surface area contributed by atoms with Crippen molar-refractivity contribution in [2.75, 3.05) is 0 Å². The molecule has 0 fully saturated rings. The maximum Gasteiger partial charge on any atom is 0.131 e.